The summed E-state index contributed by atoms with van der Waals surface area (Å²) in [6.45, 7) is 11.5. The van der Waals surface area contributed by atoms with Crippen molar-refractivity contribution < 1.29 is 14.1 Å². The summed E-state index contributed by atoms with van der Waals surface area (Å²) >= 11 is 0. The highest BCUT2D eigenvalue weighted by atomic mass is 16.6. The number of benzene rings is 1. The van der Waals surface area contributed by atoms with E-state index in [-0.39, 0.29) is 12.0 Å². The molecule has 0 radical (unpaired) electrons. The van der Waals surface area contributed by atoms with Crippen LogP contribution >= 0.6 is 0 Å². The van der Waals surface area contributed by atoms with Crippen LogP contribution in [0.2, 0.25) is 0 Å². The second kappa shape index (κ2) is 9.97. The summed E-state index contributed by atoms with van der Waals surface area (Å²) in [7, 11) is 0. The van der Waals surface area contributed by atoms with Crippen LogP contribution < -0.4 is 14.5 Å². The minimum absolute atomic E-state index is 0.0352. The van der Waals surface area contributed by atoms with Gasteiger partial charge >= 0.3 is 6.01 Å². The number of aromatic nitrogens is 4. The van der Waals surface area contributed by atoms with Gasteiger partial charge < -0.3 is 19.0 Å². The summed E-state index contributed by atoms with van der Waals surface area (Å²) in [6.07, 6.45) is 3.12. The van der Waals surface area contributed by atoms with Gasteiger partial charge in [-0.15, -0.1) is 0 Å². The minimum atomic E-state index is 0.0352. The summed E-state index contributed by atoms with van der Waals surface area (Å²) < 4.78 is 11.6. The number of oxime groups is 1. The SMILES string of the molecule is CC(=NOc1ncnc(OC2CCN(c3nc(C(C)C)no3)CC2)c1C)c1ccc(C)cc1. The molecule has 9 heteroatoms. The maximum absolute atomic E-state index is 6.19. The molecule has 0 N–H and O–H groups in total. The van der Waals surface area contributed by atoms with Crippen molar-refractivity contribution in [1.82, 2.24) is 20.1 Å². The first kappa shape index (κ1) is 22.7. The van der Waals surface area contributed by atoms with Gasteiger partial charge in [0, 0.05) is 31.8 Å². The van der Waals surface area contributed by atoms with Crippen molar-refractivity contribution in [1.29, 1.82) is 0 Å². The molecular weight excluding hydrogens is 420 g/mol. The lowest BCUT2D eigenvalue weighted by molar-refractivity contribution is 0.159. The van der Waals surface area contributed by atoms with Crippen molar-refractivity contribution in [2.75, 3.05) is 18.0 Å². The molecule has 0 spiro atoms. The molecule has 1 aliphatic heterocycles. The zero-order valence-electron chi connectivity index (χ0n) is 19.8. The second-order valence-electron chi connectivity index (χ2n) is 8.64. The zero-order chi connectivity index (χ0) is 23.4. The Balaban J connectivity index is 1.36. The maximum Gasteiger partial charge on any atom is 0.324 e. The Kier molecular flexibility index (Phi) is 6.86. The van der Waals surface area contributed by atoms with Crippen molar-refractivity contribution in [2.45, 2.75) is 59.5 Å². The van der Waals surface area contributed by atoms with Crippen LogP contribution in [0, 0.1) is 13.8 Å². The molecule has 33 heavy (non-hydrogen) atoms. The molecule has 3 heterocycles. The van der Waals surface area contributed by atoms with Gasteiger partial charge in [0.25, 0.3) is 5.88 Å². The lowest BCUT2D eigenvalue weighted by atomic mass is 10.1. The van der Waals surface area contributed by atoms with Crippen LogP contribution in [0.4, 0.5) is 6.01 Å². The number of anilines is 1. The predicted octanol–water partition coefficient (Wildman–Crippen LogP) is 4.45. The van der Waals surface area contributed by atoms with E-state index in [4.69, 9.17) is 14.1 Å². The fourth-order valence-electron chi connectivity index (χ4n) is 3.50. The van der Waals surface area contributed by atoms with E-state index in [1.165, 1.54) is 11.9 Å². The van der Waals surface area contributed by atoms with E-state index in [0.29, 0.717) is 17.8 Å². The van der Waals surface area contributed by atoms with E-state index >= 15 is 0 Å². The van der Waals surface area contributed by atoms with E-state index in [1.807, 2.05) is 52.0 Å². The maximum atomic E-state index is 6.19. The third-order valence-electron chi connectivity index (χ3n) is 5.67. The van der Waals surface area contributed by atoms with E-state index in [2.05, 4.69) is 37.1 Å². The van der Waals surface area contributed by atoms with Crippen molar-refractivity contribution in [3.05, 3.63) is 53.1 Å². The lowest BCUT2D eigenvalue weighted by Gasteiger charge is -2.30. The number of piperidine rings is 1. The first-order valence-corrected chi connectivity index (χ1v) is 11.3. The Morgan fingerprint density at radius 3 is 2.45 bits per heavy atom. The van der Waals surface area contributed by atoms with E-state index < -0.39 is 0 Å². The quantitative estimate of drug-likeness (QED) is 0.385. The molecule has 0 bridgehead atoms. The van der Waals surface area contributed by atoms with Crippen LogP contribution in [-0.4, -0.2) is 45.0 Å². The topological polar surface area (TPSA) is 98.8 Å². The average molecular weight is 451 g/mol. The standard InChI is InChI=1S/C24H30N6O3/c1-15(2)21-27-24(33-29-21)30-12-10-20(11-13-30)31-22-17(4)23(26-14-25-22)32-28-18(5)19-8-6-16(3)7-9-19/h6-9,14-15,20H,10-13H2,1-5H3. The Bertz CT molecular complexity index is 1100. The molecule has 0 atom stereocenters. The minimum Gasteiger partial charge on any atom is -0.474 e. The van der Waals surface area contributed by atoms with E-state index in [1.54, 1.807) is 0 Å². The molecule has 1 aliphatic rings. The average Bonchev–Trinajstić information content (AvgIpc) is 3.31. The fraction of sp³-hybridized carbons (Fsp3) is 0.458. The Labute approximate surface area is 193 Å². The molecule has 0 aliphatic carbocycles. The molecule has 2 aromatic heterocycles. The highest BCUT2D eigenvalue weighted by Gasteiger charge is 2.26. The first-order chi connectivity index (χ1) is 15.9. The van der Waals surface area contributed by atoms with Crippen molar-refractivity contribution in [3.63, 3.8) is 0 Å². The van der Waals surface area contributed by atoms with Crippen molar-refractivity contribution in [2.24, 2.45) is 5.16 Å². The van der Waals surface area contributed by atoms with Crippen LogP contribution in [0.15, 0.2) is 40.3 Å². The van der Waals surface area contributed by atoms with Gasteiger partial charge in [0.05, 0.1) is 11.3 Å². The number of nitrogens with zero attached hydrogens (tertiary/aromatic N) is 6. The highest BCUT2D eigenvalue weighted by Crippen LogP contribution is 2.27. The lowest BCUT2D eigenvalue weighted by Crippen LogP contribution is -2.38. The van der Waals surface area contributed by atoms with Gasteiger partial charge in [-0.05, 0) is 26.3 Å². The summed E-state index contributed by atoms with van der Waals surface area (Å²) in [5.41, 5.74) is 3.69. The molecule has 4 rings (SSSR count). The van der Waals surface area contributed by atoms with Gasteiger partial charge in [0.15, 0.2) is 5.82 Å². The molecule has 1 aromatic carbocycles. The normalized spacial score (nSPS) is 15.2. The molecule has 1 fully saturated rings. The smallest absolute Gasteiger partial charge is 0.324 e. The number of ether oxygens (including phenoxy) is 1. The monoisotopic (exact) mass is 450 g/mol. The van der Waals surface area contributed by atoms with Crippen LogP contribution in [0.25, 0.3) is 0 Å². The van der Waals surface area contributed by atoms with Crippen LogP contribution in [0.3, 0.4) is 0 Å². The Morgan fingerprint density at radius 2 is 1.79 bits per heavy atom. The largest absolute Gasteiger partial charge is 0.474 e. The molecule has 0 saturated carbocycles. The van der Waals surface area contributed by atoms with Crippen molar-refractivity contribution in [3.8, 4) is 11.8 Å². The predicted molar refractivity (Wildman–Crippen MR) is 125 cm³/mol. The van der Waals surface area contributed by atoms with E-state index in [0.717, 1.165) is 48.6 Å². The summed E-state index contributed by atoms with van der Waals surface area (Å²) in [5, 5.41) is 8.29. The first-order valence-electron chi connectivity index (χ1n) is 11.3. The molecule has 174 valence electrons. The Hall–Kier alpha value is -3.49. The van der Waals surface area contributed by atoms with Gasteiger partial charge in [-0.25, -0.2) is 4.98 Å². The molecule has 0 amide bonds. The van der Waals surface area contributed by atoms with Gasteiger partial charge in [-0.2, -0.15) is 9.97 Å². The number of hydrogen-bond acceptors (Lipinski definition) is 9. The summed E-state index contributed by atoms with van der Waals surface area (Å²) in [4.78, 5) is 20.8. The second-order valence-corrected chi connectivity index (χ2v) is 8.64. The number of rotatable bonds is 7. The molecule has 9 nitrogen and oxygen atoms in total. The van der Waals surface area contributed by atoms with Gasteiger partial charge in [-0.1, -0.05) is 54.0 Å². The third kappa shape index (κ3) is 5.47. The Morgan fingerprint density at radius 1 is 1.09 bits per heavy atom. The summed E-state index contributed by atoms with van der Waals surface area (Å²) in [6, 6.07) is 8.70. The van der Waals surface area contributed by atoms with Crippen LogP contribution in [0.1, 0.15) is 62.0 Å². The molecular formula is C24H30N6O3. The highest BCUT2D eigenvalue weighted by molar-refractivity contribution is 5.98. The van der Waals surface area contributed by atoms with E-state index in [9.17, 15) is 0 Å². The molecule has 3 aromatic rings. The summed E-state index contributed by atoms with van der Waals surface area (Å²) in [5.74, 6) is 1.87. The fourth-order valence-corrected chi connectivity index (χ4v) is 3.50. The van der Waals surface area contributed by atoms with Crippen LogP contribution in [0.5, 0.6) is 11.8 Å². The number of aryl methyl sites for hydroxylation is 1. The van der Waals surface area contributed by atoms with Gasteiger partial charge in [0.2, 0.25) is 5.88 Å². The molecule has 1 saturated heterocycles. The van der Waals surface area contributed by atoms with Crippen molar-refractivity contribution >= 4 is 11.7 Å². The van der Waals surface area contributed by atoms with Crippen LogP contribution in [-0.2, 0) is 0 Å². The van der Waals surface area contributed by atoms with Gasteiger partial charge in [0.1, 0.15) is 12.4 Å². The third-order valence-corrected chi connectivity index (χ3v) is 5.67. The number of hydrogen-bond donors (Lipinski definition) is 0. The van der Waals surface area contributed by atoms with Gasteiger partial charge in [-0.3, -0.25) is 0 Å². The molecule has 0 unspecified atom stereocenters. The zero-order valence-corrected chi connectivity index (χ0v) is 19.8.